The summed E-state index contributed by atoms with van der Waals surface area (Å²) in [6, 6.07) is 6.23. The van der Waals surface area contributed by atoms with Crippen molar-refractivity contribution in [1.82, 2.24) is 0 Å². The highest BCUT2D eigenvalue weighted by Crippen LogP contribution is 2.35. The lowest BCUT2D eigenvalue weighted by Crippen LogP contribution is -2.35. The molecule has 0 aromatic heterocycles. The smallest absolute Gasteiger partial charge is 0.227 e. The minimum atomic E-state index is 0.0572. The zero-order valence-electron chi connectivity index (χ0n) is 11.3. The van der Waals surface area contributed by atoms with Gasteiger partial charge in [0.1, 0.15) is 0 Å². The van der Waals surface area contributed by atoms with Crippen LogP contribution in [0.2, 0.25) is 0 Å². The van der Waals surface area contributed by atoms with Gasteiger partial charge in [0.2, 0.25) is 5.91 Å². The third-order valence-corrected chi connectivity index (χ3v) is 3.97. The molecule has 98 valence electrons. The number of benzene rings is 1. The van der Waals surface area contributed by atoms with Gasteiger partial charge in [-0.2, -0.15) is 0 Å². The summed E-state index contributed by atoms with van der Waals surface area (Å²) in [4.78, 5) is 14.1. The van der Waals surface area contributed by atoms with Crippen molar-refractivity contribution in [3.63, 3.8) is 0 Å². The van der Waals surface area contributed by atoms with E-state index in [1.54, 1.807) is 0 Å². The Morgan fingerprint density at radius 2 is 2.17 bits per heavy atom. The van der Waals surface area contributed by atoms with Crippen LogP contribution in [0.1, 0.15) is 31.4 Å². The zero-order valence-corrected chi connectivity index (χ0v) is 11.3. The molecule has 1 aromatic rings. The van der Waals surface area contributed by atoms with Crippen molar-refractivity contribution < 1.29 is 9.90 Å². The number of nitrogens with zero attached hydrogens (tertiary/aromatic N) is 1. The molecule has 3 heteroatoms. The summed E-state index contributed by atoms with van der Waals surface area (Å²) in [5.41, 5.74) is 3.38. The van der Waals surface area contributed by atoms with E-state index in [2.05, 4.69) is 13.0 Å². The summed E-state index contributed by atoms with van der Waals surface area (Å²) in [6.07, 6.45) is 1.37. The number of rotatable bonds is 3. The number of para-hydroxylation sites is 1. The van der Waals surface area contributed by atoms with Crippen LogP contribution in [0.15, 0.2) is 18.2 Å². The SMILES string of the molecule is CCc1cccc(C)c1N1C(=O)CC(CO)C1C. The lowest BCUT2D eigenvalue weighted by atomic mass is 10.0. The van der Waals surface area contributed by atoms with Gasteiger partial charge in [-0.1, -0.05) is 25.1 Å². The average molecular weight is 247 g/mol. The first-order valence-electron chi connectivity index (χ1n) is 6.61. The van der Waals surface area contributed by atoms with Gasteiger partial charge in [0, 0.05) is 25.0 Å². The monoisotopic (exact) mass is 247 g/mol. The van der Waals surface area contributed by atoms with Gasteiger partial charge in [-0.25, -0.2) is 0 Å². The van der Waals surface area contributed by atoms with E-state index in [0.717, 1.165) is 17.7 Å². The fraction of sp³-hybridized carbons (Fsp3) is 0.533. The topological polar surface area (TPSA) is 40.5 Å². The van der Waals surface area contributed by atoms with Crippen molar-refractivity contribution in [2.45, 2.75) is 39.7 Å². The van der Waals surface area contributed by atoms with E-state index < -0.39 is 0 Å². The Morgan fingerprint density at radius 1 is 1.44 bits per heavy atom. The predicted molar refractivity (Wildman–Crippen MR) is 72.7 cm³/mol. The third-order valence-electron chi connectivity index (χ3n) is 3.97. The normalized spacial score (nSPS) is 23.8. The molecule has 1 aliphatic heterocycles. The highest BCUT2D eigenvalue weighted by molar-refractivity contribution is 5.98. The van der Waals surface area contributed by atoms with E-state index in [4.69, 9.17) is 0 Å². The van der Waals surface area contributed by atoms with E-state index in [1.807, 2.05) is 30.9 Å². The highest BCUT2D eigenvalue weighted by atomic mass is 16.3. The van der Waals surface area contributed by atoms with Crippen molar-refractivity contribution in [2.75, 3.05) is 11.5 Å². The molecule has 1 heterocycles. The molecule has 1 amide bonds. The summed E-state index contributed by atoms with van der Waals surface area (Å²) < 4.78 is 0. The molecule has 2 unspecified atom stereocenters. The Balaban J connectivity index is 2.46. The van der Waals surface area contributed by atoms with E-state index in [9.17, 15) is 9.90 Å². The predicted octanol–water partition coefficient (Wildman–Crippen LogP) is 2.29. The number of amides is 1. The summed E-state index contributed by atoms with van der Waals surface area (Å²) in [5, 5.41) is 9.34. The Morgan fingerprint density at radius 3 is 2.72 bits per heavy atom. The Hall–Kier alpha value is -1.35. The molecule has 2 atom stereocenters. The van der Waals surface area contributed by atoms with Gasteiger partial charge in [0.15, 0.2) is 0 Å². The van der Waals surface area contributed by atoms with Gasteiger partial charge < -0.3 is 10.0 Å². The van der Waals surface area contributed by atoms with Crippen LogP contribution in [0.25, 0.3) is 0 Å². The van der Waals surface area contributed by atoms with E-state index in [1.165, 1.54) is 5.56 Å². The second-order valence-corrected chi connectivity index (χ2v) is 5.09. The molecule has 1 aliphatic rings. The summed E-state index contributed by atoms with van der Waals surface area (Å²) in [6.45, 7) is 6.25. The standard InChI is InChI=1S/C15H21NO2/c1-4-12-7-5-6-10(2)15(12)16-11(3)13(9-17)8-14(16)18/h5-7,11,13,17H,4,8-9H2,1-3H3. The maximum atomic E-state index is 12.2. The number of aryl methyl sites for hydroxylation is 2. The fourth-order valence-electron chi connectivity index (χ4n) is 2.83. The van der Waals surface area contributed by atoms with Crippen LogP contribution >= 0.6 is 0 Å². The first kappa shape index (κ1) is 13.1. The zero-order chi connectivity index (χ0) is 13.3. The summed E-state index contributed by atoms with van der Waals surface area (Å²) in [7, 11) is 0. The molecular formula is C15H21NO2. The van der Waals surface area contributed by atoms with Crippen molar-refractivity contribution in [1.29, 1.82) is 0 Å². The Labute approximate surface area is 108 Å². The molecular weight excluding hydrogens is 226 g/mol. The highest BCUT2D eigenvalue weighted by Gasteiger charge is 2.38. The molecule has 3 nitrogen and oxygen atoms in total. The molecule has 0 spiro atoms. The molecule has 1 saturated heterocycles. The summed E-state index contributed by atoms with van der Waals surface area (Å²) in [5.74, 6) is 0.187. The van der Waals surface area contributed by atoms with Crippen LogP contribution in [0.3, 0.4) is 0 Å². The number of carbonyl (C=O) groups excluding carboxylic acids is 1. The lowest BCUT2D eigenvalue weighted by molar-refractivity contribution is -0.117. The second-order valence-electron chi connectivity index (χ2n) is 5.09. The lowest BCUT2D eigenvalue weighted by Gasteiger charge is -2.28. The van der Waals surface area contributed by atoms with Crippen molar-refractivity contribution in [3.05, 3.63) is 29.3 Å². The number of anilines is 1. The molecule has 1 fully saturated rings. The van der Waals surface area contributed by atoms with Crippen LogP contribution in [0.4, 0.5) is 5.69 Å². The van der Waals surface area contributed by atoms with E-state index in [0.29, 0.717) is 6.42 Å². The quantitative estimate of drug-likeness (QED) is 0.890. The summed E-state index contributed by atoms with van der Waals surface area (Å²) >= 11 is 0. The van der Waals surface area contributed by atoms with Gasteiger partial charge >= 0.3 is 0 Å². The van der Waals surface area contributed by atoms with Crippen LogP contribution < -0.4 is 4.90 Å². The molecule has 0 bridgehead atoms. The maximum Gasteiger partial charge on any atom is 0.227 e. The van der Waals surface area contributed by atoms with Crippen molar-refractivity contribution in [2.24, 2.45) is 5.92 Å². The van der Waals surface area contributed by atoms with Crippen molar-refractivity contribution in [3.8, 4) is 0 Å². The molecule has 1 aromatic carbocycles. The third kappa shape index (κ3) is 2.03. The number of hydrogen-bond acceptors (Lipinski definition) is 2. The number of carbonyl (C=O) groups is 1. The Kier molecular flexibility index (Phi) is 3.71. The average Bonchev–Trinajstić information content (AvgIpc) is 2.64. The molecule has 18 heavy (non-hydrogen) atoms. The van der Waals surface area contributed by atoms with E-state index in [-0.39, 0.29) is 24.5 Å². The molecule has 0 aliphatic carbocycles. The first-order chi connectivity index (χ1) is 8.60. The van der Waals surface area contributed by atoms with Gasteiger partial charge in [-0.15, -0.1) is 0 Å². The number of aliphatic hydroxyl groups excluding tert-OH is 1. The van der Waals surface area contributed by atoms with Crippen molar-refractivity contribution >= 4 is 11.6 Å². The number of hydrogen-bond donors (Lipinski definition) is 1. The van der Waals surface area contributed by atoms with Crippen LogP contribution in [0.5, 0.6) is 0 Å². The second kappa shape index (κ2) is 5.11. The van der Waals surface area contributed by atoms with Gasteiger partial charge in [-0.05, 0) is 31.4 Å². The molecule has 0 radical (unpaired) electrons. The maximum absolute atomic E-state index is 12.2. The van der Waals surface area contributed by atoms with Crippen LogP contribution in [-0.4, -0.2) is 23.7 Å². The van der Waals surface area contributed by atoms with Gasteiger partial charge in [-0.3, -0.25) is 4.79 Å². The minimum Gasteiger partial charge on any atom is -0.396 e. The minimum absolute atomic E-state index is 0.0572. The molecule has 2 rings (SSSR count). The first-order valence-corrected chi connectivity index (χ1v) is 6.61. The fourth-order valence-corrected chi connectivity index (χ4v) is 2.83. The van der Waals surface area contributed by atoms with Gasteiger partial charge in [0.25, 0.3) is 0 Å². The van der Waals surface area contributed by atoms with Crippen LogP contribution in [0, 0.1) is 12.8 Å². The largest absolute Gasteiger partial charge is 0.396 e. The molecule has 0 saturated carbocycles. The molecule has 1 N–H and O–H groups in total. The number of aliphatic hydroxyl groups is 1. The Bertz CT molecular complexity index is 456. The van der Waals surface area contributed by atoms with Crippen LogP contribution in [-0.2, 0) is 11.2 Å². The van der Waals surface area contributed by atoms with E-state index >= 15 is 0 Å². The van der Waals surface area contributed by atoms with Gasteiger partial charge in [0.05, 0.1) is 5.69 Å².